The van der Waals surface area contributed by atoms with E-state index in [2.05, 4.69) is 24.3 Å². The van der Waals surface area contributed by atoms with E-state index in [1.54, 1.807) is 24.3 Å². The Labute approximate surface area is 156 Å². The van der Waals surface area contributed by atoms with Crippen LogP contribution >= 0.6 is 0 Å². The van der Waals surface area contributed by atoms with Gasteiger partial charge in [-0.05, 0) is 17.9 Å². The summed E-state index contributed by atoms with van der Waals surface area (Å²) in [6, 6.07) is 6.72. The van der Waals surface area contributed by atoms with Gasteiger partial charge in [0.15, 0.2) is 11.8 Å². The number of rotatable bonds is 6. The Kier molecular flexibility index (Phi) is 5.58. The number of halogens is 3. The van der Waals surface area contributed by atoms with E-state index in [-0.39, 0.29) is 23.6 Å². The van der Waals surface area contributed by atoms with Crippen LogP contribution in [0.15, 0.2) is 36.5 Å². The zero-order valence-electron chi connectivity index (χ0n) is 15.5. The maximum absolute atomic E-state index is 13.6. The minimum Gasteiger partial charge on any atom is -0.363 e. The first kappa shape index (κ1) is 19.5. The number of carbonyl (C=O) groups excluding carboxylic acids is 1. The van der Waals surface area contributed by atoms with E-state index in [9.17, 15) is 18.0 Å². The topological polar surface area (TPSA) is 46.9 Å². The summed E-state index contributed by atoms with van der Waals surface area (Å²) in [5.74, 6) is 0.486. The van der Waals surface area contributed by atoms with Crippen LogP contribution in [0.5, 0.6) is 0 Å². The Hall–Kier alpha value is -2.31. The van der Waals surface area contributed by atoms with Gasteiger partial charge in [0, 0.05) is 12.8 Å². The van der Waals surface area contributed by atoms with Gasteiger partial charge in [-0.25, -0.2) is 4.68 Å². The zero-order chi connectivity index (χ0) is 19.6. The highest BCUT2D eigenvalue weighted by atomic mass is 19.4. The number of benzene rings is 1. The second-order valence-electron chi connectivity index (χ2n) is 7.46. The third kappa shape index (κ3) is 4.34. The number of anilines is 1. The predicted octanol–water partition coefficient (Wildman–Crippen LogP) is 5.55. The second-order valence-corrected chi connectivity index (χ2v) is 7.46. The van der Waals surface area contributed by atoms with E-state index in [0.29, 0.717) is 18.8 Å². The maximum Gasteiger partial charge on any atom is 0.410 e. The van der Waals surface area contributed by atoms with Crippen molar-refractivity contribution < 1.29 is 18.0 Å². The van der Waals surface area contributed by atoms with Crippen LogP contribution in [-0.4, -0.2) is 21.7 Å². The lowest BCUT2D eigenvalue weighted by Crippen LogP contribution is -2.36. The van der Waals surface area contributed by atoms with E-state index in [1.165, 1.54) is 6.20 Å². The highest BCUT2D eigenvalue weighted by Crippen LogP contribution is 2.44. The number of fused-ring (bicyclic) bond motifs is 1. The number of hydrogen-bond acceptors (Lipinski definition) is 3. The first-order chi connectivity index (χ1) is 12.8. The second kappa shape index (κ2) is 7.74. The first-order valence-electron chi connectivity index (χ1n) is 9.26. The van der Waals surface area contributed by atoms with Crippen LogP contribution in [0, 0.1) is 5.92 Å². The molecule has 2 unspecified atom stereocenters. The Morgan fingerprint density at radius 1 is 1.30 bits per heavy atom. The molecule has 2 aromatic rings. The highest BCUT2D eigenvalue weighted by Gasteiger charge is 2.47. The van der Waals surface area contributed by atoms with Crippen molar-refractivity contribution in [2.75, 3.05) is 5.32 Å². The number of carbonyl (C=O) groups is 1. The first-order valence-corrected chi connectivity index (χ1v) is 9.26. The number of alkyl halides is 3. The van der Waals surface area contributed by atoms with Crippen LogP contribution in [-0.2, 0) is 0 Å². The molecular formula is C20H24F3N3O. The van der Waals surface area contributed by atoms with Crippen molar-refractivity contribution in [2.24, 2.45) is 5.92 Å². The molecule has 27 heavy (non-hydrogen) atoms. The summed E-state index contributed by atoms with van der Waals surface area (Å²) in [4.78, 5) is 12.6. The molecule has 7 heteroatoms. The summed E-state index contributed by atoms with van der Waals surface area (Å²) in [7, 11) is 0. The van der Waals surface area contributed by atoms with E-state index in [0.717, 1.165) is 16.7 Å². The van der Waals surface area contributed by atoms with Crippen molar-refractivity contribution in [1.82, 2.24) is 9.78 Å². The molecular weight excluding hydrogens is 355 g/mol. The van der Waals surface area contributed by atoms with Gasteiger partial charge in [-0.15, -0.1) is 0 Å². The van der Waals surface area contributed by atoms with Gasteiger partial charge in [-0.3, -0.25) is 4.79 Å². The van der Waals surface area contributed by atoms with Crippen molar-refractivity contribution >= 4 is 11.6 Å². The molecule has 0 saturated carbocycles. The molecule has 1 N–H and O–H groups in total. The summed E-state index contributed by atoms with van der Waals surface area (Å²) >= 11 is 0. The van der Waals surface area contributed by atoms with Gasteiger partial charge in [0.1, 0.15) is 5.82 Å². The molecule has 0 radical (unpaired) electrons. The van der Waals surface area contributed by atoms with E-state index < -0.39 is 18.3 Å². The Bertz CT molecular complexity index is 784. The minimum atomic E-state index is -4.44. The lowest BCUT2D eigenvalue weighted by atomic mass is 9.96. The molecule has 4 nitrogen and oxygen atoms in total. The molecule has 1 aromatic carbocycles. The highest BCUT2D eigenvalue weighted by molar-refractivity contribution is 6.00. The molecule has 3 rings (SSSR count). The lowest BCUT2D eigenvalue weighted by Gasteiger charge is -2.34. The fraction of sp³-hybridized carbons (Fsp3) is 0.500. The fourth-order valence-electron chi connectivity index (χ4n) is 3.48. The van der Waals surface area contributed by atoms with Crippen LogP contribution in [0.2, 0.25) is 0 Å². The van der Waals surface area contributed by atoms with E-state index >= 15 is 0 Å². The quantitative estimate of drug-likeness (QED) is 0.669. The summed E-state index contributed by atoms with van der Waals surface area (Å²) in [5, 5.41) is 7.03. The normalized spacial score (nSPS) is 19.6. The average Bonchev–Trinajstić information content (AvgIpc) is 3.04. The molecule has 0 aliphatic carbocycles. The predicted molar refractivity (Wildman–Crippen MR) is 97.8 cm³/mol. The number of Topliss-reactive ketones (excluding diaryl/α,β-unsaturated/α-hetero) is 1. The van der Waals surface area contributed by atoms with Gasteiger partial charge in [-0.2, -0.15) is 18.3 Å². The van der Waals surface area contributed by atoms with Crippen molar-refractivity contribution in [1.29, 1.82) is 0 Å². The number of nitrogens with one attached hydrogen (secondary N) is 1. The summed E-state index contributed by atoms with van der Waals surface area (Å²) in [6.45, 7) is 4.15. The standard InChI is InChI=1S/C20H24F3N3O/c1-13(2)7-6-10-17(27)15-12-24-26-18(20(21,22)23)11-16(25-19(15)26)14-8-4-3-5-9-14/h3-5,8-9,12-13,16,18,25H,6-7,10-11H2,1-2H3. The molecule has 1 aliphatic rings. The summed E-state index contributed by atoms with van der Waals surface area (Å²) < 4.78 is 41.8. The van der Waals surface area contributed by atoms with Crippen LogP contribution in [0.3, 0.4) is 0 Å². The fourth-order valence-corrected chi connectivity index (χ4v) is 3.48. The molecule has 146 valence electrons. The smallest absolute Gasteiger partial charge is 0.363 e. The monoisotopic (exact) mass is 379 g/mol. The molecule has 0 fully saturated rings. The molecule has 0 bridgehead atoms. The van der Waals surface area contributed by atoms with Gasteiger partial charge < -0.3 is 5.32 Å². The van der Waals surface area contributed by atoms with Crippen LogP contribution < -0.4 is 5.32 Å². The summed E-state index contributed by atoms with van der Waals surface area (Å²) in [5.41, 5.74) is 1.01. The molecule has 2 atom stereocenters. The van der Waals surface area contributed by atoms with Crippen molar-refractivity contribution in [2.45, 2.75) is 57.8 Å². The van der Waals surface area contributed by atoms with Gasteiger partial charge >= 0.3 is 6.18 Å². The molecule has 0 saturated heterocycles. The van der Waals surface area contributed by atoms with Gasteiger partial charge in [0.2, 0.25) is 0 Å². The molecule has 0 spiro atoms. The number of hydrogen-bond donors (Lipinski definition) is 1. The van der Waals surface area contributed by atoms with E-state index in [1.807, 2.05) is 6.07 Å². The minimum absolute atomic E-state index is 0.164. The van der Waals surface area contributed by atoms with Gasteiger partial charge in [0.05, 0.1) is 17.8 Å². The van der Waals surface area contributed by atoms with Crippen molar-refractivity contribution in [3.63, 3.8) is 0 Å². The van der Waals surface area contributed by atoms with Gasteiger partial charge in [-0.1, -0.05) is 50.6 Å². The third-order valence-corrected chi connectivity index (χ3v) is 4.93. The molecule has 0 amide bonds. The van der Waals surface area contributed by atoms with Crippen molar-refractivity contribution in [3.8, 4) is 0 Å². The Morgan fingerprint density at radius 2 is 2.00 bits per heavy atom. The summed E-state index contributed by atoms with van der Waals surface area (Å²) in [6.07, 6.45) is -1.40. The number of aromatic nitrogens is 2. The molecule has 2 heterocycles. The third-order valence-electron chi connectivity index (χ3n) is 4.93. The lowest BCUT2D eigenvalue weighted by molar-refractivity contribution is -0.173. The number of ketones is 1. The largest absolute Gasteiger partial charge is 0.410 e. The Balaban J connectivity index is 1.90. The zero-order valence-corrected chi connectivity index (χ0v) is 15.5. The molecule has 1 aromatic heterocycles. The van der Waals surface area contributed by atoms with Crippen LogP contribution in [0.1, 0.15) is 67.5 Å². The maximum atomic E-state index is 13.6. The van der Waals surface area contributed by atoms with Crippen LogP contribution in [0.25, 0.3) is 0 Å². The number of nitrogens with zero attached hydrogens (tertiary/aromatic N) is 2. The van der Waals surface area contributed by atoms with Crippen molar-refractivity contribution in [3.05, 3.63) is 47.7 Å². The van der Waals surface area contributed by atoms with Gasteiger partial charge in [0.25, 0.3) is 0 Å². The van der Waals surface area contributed by atoms with Crippen LogP contribution in [0.4, 0.5) is 19.0 Å². The SMILES string of the molecule is CC(C)CCCC(=O)c1cnn2c1NC(c1ccccc1)CC2C(F)(F)F. The Morgan fingerprint density at radius 3 is 2.63 bits per heavy atom. The average molecular weight is 379 g/mol. The molecule has 1 aliphatic heterocycles. The van der Waals surface area contributed by atoms with E-state index in [4.69, 9.17) is 0 Å².